The van der Waals surface area contributed by atoms with Crippen molar-refractivity contribution < 1.29 is 0 Å². The van der Waals surface area contributed by atoms with Crippen LogP contribution in [0, 0.1) is 0 Å². The van der Waals surface area contributed by atoms with Crippen LogP contribution in [0.3, 0.4) is 0 Å². The third-order valence-electron chi connectivity index (χ3n) is 4.54. The Balaban J connectivity index is 1.84. The fourth-order valence-electron chi connectivity index (χ4n) is 3.47. The number of fused-ring (bicyclic) bond motifs is 2. The summed E-state index contributed by atoms with van der Waals surface area (Å²) in [5.74, 6) is 0.449. The molecule has 0 saturated carbocycles. The van der Waals surface area contributed by atoms with Crippen LogP contribution in [0.15, 0.2) is 48.7 Å². The number of benzene rings is 2. The highest BCUT2D eigenvalue weighted by molar-refractivity contribution is 5.79. The minimum Gasteiger partial charge on any atom is -0.301 e. The summed E-state index contributed by atoms with van der Waals surface area (Å²) in [5.41, 5.74) is 5.49. The van der Waals surface area contributed by atoms with Gasteiger partial charge in [0, 0.05) is 31.4 Å². The fraction of sp³-hybridized carbons (Fsp3) is 0.278. The molecule has 1 aliphatic heterocycles. The molecule has 3 heteroatoms. The van der Waals surface area contributed by atoms with Gasteiger partial charge in [0.25, 0.3) is 0 Å². The molecule has 2 aromatic carbocycles. The van der Waals surface area contributed by atoms with Gasteiger partial charge in [0.15, 0.2) is 0 Å². The van der Waals surface area contributed by atoms with Gasteiger partial charge in [0.1, 0.15) is 0 Å². The van der Waals surface area contributed by atoms with E-state index in [4.69, 9.17) is 0 Å². The SMILES string of the molecule is CN1Cc2ccccc2C(c2ccc3c(cnn3C)c2)C1. The van der Waals surface area contributed by atoms with Crippen molar-refractivity contribution in [2.45, 2.75) is 12.5 Å². The summed E-state index contributed by atoms with van der Waals surface area (Å²) < 4.78 is 1.93. The summed E-state index contributed by atoms with van der Waals surface area (Å²) in [6.07, 6.45) is 1.96. The van der Waals surface area contributed by atoms with Crippen molar-refractivity contribution in [3.63, 3.8) is 0 Å². The summed E-state index contributed by atoms with van der Waals surface area (Å²) in [4.78, 5) is 2.40. The van der Waals surface area contributed by atoms with Crippen LogP contribution in [-0.2, 0) is 13.6 Å². The van der Waals surface area contributed by atoms with E-state index in [2.05, 4.69) is 59.5 Å². The van der Waals surface area contributed by atoms with Gasteiger partial charge in [-0.15, -0.1) is 0 Å². The lowest BCUT2D eigenvalue weighted by Crippen LogP contribution is -2.30. The third kappa shape index (κ3) is 2.05. The van der Waals surface area contributed by atoms with Crippen molar-refractivity contribution >= 4 is 10.9 Å². The lowest BCUT2D eigenvalue weighted by Gasteiger charge is -2.32. The zero-order chi connectivity index (χ0) is 14.4. The van der Waals surface area contributed by atoms with Crippen LogP contribution < -0.4 is 0 Å². The minimum absolute atomic E-state index is 0.449. The first-order valence-electron chi connectivity index (χ1n) is 7.40. The minimum atomic E-state index is 0.449. The molecule has 1 aliphatic rings. The fourth-order valence-corrected chi connectivity index (χ4v) is 3.47. The maximum atomic E-state index is 4.35. The number of aryl methyl sites for hydroxylation is 1. The normalized spacial score (nSPS) is 18.9. The van der Waals surface area contributed by atoms with Gasteiger partial charge in [-0.1, -0.05) is 30.3 Å². The molecule has 3 nitrogen and oxygen atoms in total. The molecule has 0 bridgehead atoms. The molecule has 0 fully saturated rings. The first-order valence-corrected chi connectivity index (χ1v) is 7.40. The Kier molecular flexibility index (Phi) is 2.82. The highest BCUT2D eigenvalue weighted by atomic mass is 15.2. The monoisotopic (exact) mass is 277 g/mol. The molecule has 0 saturated heterocycles. The molecule has 0 aliphatic carbocycles. The maximum absolute atomic E-state index is 4.35. The number of aromatic nitrogens is 2. The molecule has 2 heterocycles. The summed E-state index contributed by atoms with van der Waals surface area (Å²) >= 11 is 0. The predicted molar refractivity (Wildman–Crippen MR) is 85.3 cm³/mol. The van der Waals surface area contributed by atoms with Gasteiger partial charge in [-0.25, -0.2) is 0 Å². The molecule has 4 rings (SSSR count). The predicted octanol–water partition coefficient (Wildman–Crippen LogP) is 3.15. The molecule has 1 aromatic heterocycles. The van der Waals surface area contributed by atoms with Crippen LogP contribution in [0.2, 0.25) is 0 Å². The number of hydrogen-bond acceptors (Lipinski definition) is 2. The molecule has 0 radical (unpaired) electrons. The summed E-state index contributed by atoms with van der Waals surface area (Å²) in [6.45, 7) is 2.12. The highest BCUT2D eigenvalue weighted by Crippen LogP contribution is 2.34. The van der Waals surface area contributed by atoms with Crippen molar-refractivity contribution in [3.8, 4) is 0 Å². The van der Waals surface area contributed by atoms with E-state index in [1.165, 1.54) is 27.6 Å². The quantitative estimate of drug-likeness (QED) is 0.681. The summed E-state index contributed by atoms with van der Waals surface area (Å²) in [7, 11) is 4.19. The van der Waals surface area contributed by atoms with Gasteiger partial charge in [-0.3, -0.25) is 4.68 Å². The first kappa shape index (κ1) is 12.6. The maximum Gasteiger partial charge on any atom is 0.0679 e. The zero-order valence-corrected chi connectivity index (χ0v) is 12.5. The molecule has 1 atom stereocenters. The van der Waals surface area contributed by atoms with Crippen molar-refractivity contribution in [2.24, 2.45) is 7.05 Å². The van der Waals surface area contributed by atoms with Crippen molar-refractivity contribution in [1.29, 1.82) is 0 Å². The van der Waals surface area contributed by atoms with E-state index in [0.29, 0.717) is 5.92 Å². The van der Waals surface area contributed by atoms with E-state index in [1.807, 2.05) is 17.9 Å². The van der Waals surface area contributed by atoms with E-state index in [-0.39, 0.29) is 0 Å². The van der Waals surface area contributed by atoms with Crippen molar-refractivity contribution in [1.82, 2.24) is 14.7 Å². The van der Waals surface area contributed by atoms with Gasteiger partial charge >= 0.3 is 0 Å². The average Bonchev–Trinajstić information content (AvgIpc) is 2.87. The number of hydrogen-bond donors (Lipinski definition) is 0. The second-order valence-corrected chi connectivity index (χ2v) is 6.03. The second-order valence-electron chi connectivity index (χ2n) is 6.03. The largest absolute Gasteiger partial charge is 0.301 e. The lowest BCUT2D eigenvalue weighted by molar-refractivity contribution is 0.295. The smallest absolute Gasteiger partial charge is 0.0679 e. The van der Waals surface area contributed by atoms with E-state index >= 15 is 0 Å². The molecule has 0 amide bonds. The molecular weight excluding hydrogens is 258 g/mol. The number of nitrogens with zero attached hydrogens (tertiary/aromatic N) is 3. The topological polar surface area (TPSA) is 21.1 Å². The van der Waals surface area contributed by atoms with Gasteiger partial charge < -0.3 is 4.90 Å². The van der Waals surface area contributed by atoms with Crippen molar-refractivity contribution in [2.75, 3.05) is 13.6 Å². The third-order valence-corrected chi connectivity index (χ3v) is 4.54. The molecular formula is C18H19N3. The van der Waals surface area contributed by atoms with E-state index < -0.39 is 0 Å². The standard InChI is InChI=1S/C18H19N3/c1-20-11-14-5-3-4-6-16(14)17(12-20)13-7-8-18-15(9-13)10-19-21(18)2/h3-10,17H,11-12H2,1-2H3. The van der Waals surface area contributed by atoms with E-state index in [9.17, 15) is 0 Å². The van der Waals surface area contributed by atoms with Crippen LogP contribution >= 0.6 is 0 Å². The molecule has 0 spiro atoms. The van der Waals surface area contributed by atoms with Crippen LogP contribution in [-0.4, -0.2) is 28.3 Å². The Hall–Kier alpha value is -2.13. The molecule has 3 aromatic rings. The molecule has 106 valence electrons. The van der Waals surface area contributed by atoms with Crippen LogP contribution in [0.5, 0.6) is 0 Å². The Labute approximate surface area is 124 Å². The van der Waals surface area contributed by atoms with Crippen molar-refractivity contribution in [3.05, 3.63) is 65.4 Å². The van der Waals surface area contributed by atoms with Gasteiger partial charge in [-0.2, -0.15) is 5.10 Å². The van der Waals surface area contributed by atoms with Gasteiger partial charge in [-0.05, 0) is 35.9 Å². The number of likely N-dealkylation sites (N-methyl/N-ethyl adjacent to an activating group) is 1. The lowest BCUT2D eigenvalue weighted by atomic mass is 9.84. The molecule has 1 unspecified atom stereocenters. The zero-order valence-electron chi connectivity index (χ0n) is 12.5. The Morgan fingerprint density at radius 1 is 1.10 bits per heavy atom. The summed E-state index contributed by atoms with van der Waals surface area (Å²) in [5, 5.41) is 5.57. The van der Waals surface area contributed by atoms with Gasteiger partial charge in [0.05, 0.1) is 11.7 Å². The molecule has 21 heavy (non-hydrogen) atoms. The summed E-state index contributed by atoms with van der Waals surface area (Å²) in [6, 6.07) is 15.6. The average molecular weight is 277 g/mol. The highest BCUT2D eigenvalue weighted by Gasteiger charge is 2.24. The van der Waals surface area contributed by atoms with E-state index in [0.717, 1.165) is 13.1 Å². The number of rotatable bonds is 1. The van der Waals surface area contributed by atoms with Gasteiger partial charge in [0.2, 0.25) is 0 Å². The molecule has 0 N–H and O–H groups in total. The second kappa shape index (κ2) is 4.71. The Morgan fingerprint density at radius 3 is 2.86 bits per heavy atom. The van der Waals surface area contributed by atoms with E-state index in [1.54, 1.807) is 0 Å². The van der Waals surface area contributed by atoms with Crippen LogP contribution in [0.4, 0.5) is 0 Å². The first-order chi connectivity index (χ1) is 10.2. The Bertz CT molecular complexity index is 803. The van der Waals surface area contributed by atoms with Crippen LogP contribution in [0.25, 0.3) is 10.9 Å². The van der Waals surface area contributed by atoms with Crippen LogP contribution in [0.1, 0.15) is 22.6 Å². The Morgan fingerprint density at radius 2 is 1.95 bits per heavy atom.